The summed E-state index contributed by atoms with van der Waals surface area (Å²) in [6, 6.07) is 9.94. The zero-order valence-corrected chi connectivity index (χ0v) is 10.8. The number of aliphatic hydroxyl groups excluding tert-OH is 1. The highest BCUT2D eigenvalue weighted by molar-refractivity contribution is 5.31. The van der Waals surface area contributed by atoms with Crippen LogP contribution in [0.2, 0.25) is 0 Å². The molecule has 0 amide bonds. The van der Waals surface area contributed by atoms with Crippen LogP contribution in [0.5, 0.6) is 0 Å². The van der Waals surface area contributed by atoms with Crippen molar-refractivity contribution in [2.45, 2.75) is 38.7 Å². The van der Waals surface area contributed by atoms with Crippen LogP contribution in [-0.4, -0.2) is 14.9 Å². The van der Waals surface area contributed by atoms with Crippen molar-refractivity contribution in [1.29, 1.82) is 0 Å². The summed E-state index contributed by atoms with van der Waals surface area (Å²) in [6.07, 6.45) is 7.49. The van der Waals surface area contributed by atoms with Gasteiger partial charge in [0.15, 0.2) is 0 Å². The molecule has 2 rings (SSSR count). The number of hydrogen-bond acceptors (Lipinski definition) is 2. The first-order chi connectivity index (χ1) is 8.81. The fourth-order valence-corrected chi connectivity index (χ4v) is 1.99. The van der Waals surface area contributed by atoms with Gasteiger partial charge in [0.25, 0.3) is 0 Å². The third-order valence-electron chi connectivity index (χ3n) is 3.09. The smallest absolute Gasteiger partial charge is 0.0820 e. The minimum atomic E-state index is -0.394. The van der Waals surface area contributed by atoms with E-state index in [4.69, 9.17) is 0 Å². The Morgan fingerprint density at radius 3 is 2.72 bits per heavy atom. The highest BCUT2D eigenvalue weighted by Gasteiger charge is 2.10. The predicted octanol–water partition coefficient (Wildman–Crippen LogP) is 3.49. The minimum absolute atomic E-state index is 0.394. The van der Waals surface area contributed by atoms with Crippen LogP contribution < -0.4 is 0 Å². The van der Waals surface area contributed by atoms with Crippen LogP contribution >= 0.6 is 0 Å². The summed E-state index contributed by atoms with van der Waals surface area (Å²) >= 11 is 0. The van der Waals surface area contributed by atoms with E-state index < -0.39 is 6.10 Å². The summed E-state index contributed by atoms with van der Waals surface area (Å²) < 4.78 is 1.80. The van der Waals surface area contributed by atoms with Gasteiger partial charge in [0, 0.05) is 11.8 Å². The summed E-state index contributed by atoms with van der Waals surface area (Å²) in [6.45, 7) is 2.17. The number of aliphatic hydroxyl groups is 1. The predicted molar refractivity (Wildman–Crippen MR) is 72.7 cm³/mol. The zero-order chi connectivity index (χ0) is 12.8. The first-order valence-corrected chi connectivity index (χ1v) is 6.59. The number of aromatic nitrogens is 2. The molecule has 0 aliphatic heterocycles. The number of hydrogen-bond donors (Lipinski definition) is 1. The molecule has 1 heterocycles. The number of benzene rings is 1. The van der Waals surface area contributed by atoms with Gasteiger partial charge in [-0.1, -0.05) is 44.4 Å². The second-order valence-electron chi connectivity index (χ2n) is 4.57. The van der Waals surface area contributed by atoms with E-state index in [2.05, 4.69) is 12.0 Å². The van der Waals surface area contributed by atoms with E-state index in [1.165, 1.54) is 12.8 Å². The molecule has 0 spiro atoms. The monoisotopic (exact) mass is 244 g/mol. The van der Waals surface area contributed by atoms with Gasteiger partial charge in [-0.15, -0.1) is 0 Å². The van der Waals surface area contributed by atoms with Crippen molar-refractivity contribution in [2.75, 3.05) is 0 Å². The average molecular weight is 244 g/mol. The molecule has 1 aromatic heterocycles. The summed E-state index contributed by atoms with van der Waals surface area (Å²) in [7, 11) is 0. The maximum absolute atomic E-state index is 10.1. The van der Waals surface area contributed by atoms with Crippen LogP contribution in [0.3, 0.4) is 0 Å². The Labute approximate surface area is 108 Å². The number of unbranched alkanes of at least 4 members (excludes halogenated alkanes) is 2. The van der Waals surface area contributed by atoms with Gasteiger partial charge in [0.05, 0.1) is 18.0 Å². The second-order valence-corrected chi connectivity index (χ2v) is 4.57. The fourth-order valence-electron chi connectivity index (χ4n) is 1.99. The lowest BCUT2D eigenvalue weighted by atomic mass is 10.1. The van der Waals surface area contributed by atoms with Crippen molar-refractivity contribution in [1.82, 2.24) is 9.78 Å². The maximum atomic E-state index is 10.1. The summed E-state index contributed by atoms with van der Waals surface area (Å²) in [4.78, 5) is 0. The Hall–Kier alpha value is -1.61. The van der Waals surface area contributed by atoms with E-state index in [9.17, 15) is 5.11 Å². The van der Waals surface area contributed by atoms with Crippen molar-refractivity contribution in [3.8, 4) is 5.69 Å². The van der Waals surface area contributed by atoms with Crippen LogP contribution in [0.4, 0.5) is 0 Å². The van der Waals surface area contributed by atoms with Gasteiger partial charge in [-0.3, -0.25) is 0 Å². The molecule has 0 fully saturated rings. The van der Waals surface area contributed by atoms with E-state index in [1.54, 1.807) is 10.9 Å². The quantitative estimate of drug-likeness (QED) is 0.790. The van der Waals surface area contributed by atoms with E-state index in [-0.39, 0.29) is 0 Å². The molecule has 1 unspecified atom stereocenters. The van der Waals surface area contributed by atoms with Crippen LogP contribution in [0.15, 0.2) is 42.7 Å². The molecule has 96 valence electrons. The average Bonchev–Trinajstić information content (AvgIpc) is 2.89. The molecule has 3 heteroatoms. The molecule has 0 saturated carbocycles. The molecule has 2 aromatic rings. The van der Waals surface area contributed by atoms with Gasteiger partial charge in [-0.05, 0) is 18.6 Å². The van der Waals surface area contributed by atoms with Crippen molar-refractivity contribution in [3.05, 3.63) is 48.3 Å². The van der Waals surface area contributed by atoms with Crippen LogP contribution in [0.1, 0.15) is 44.3 Å². The van der Waals surface area contributed by atoms with E-state index >= 15 is 0 Å². The molecule has 0 aliphatic rings. The molecular weight excluding hydrogens is 224 g/mol. The molecule has 0 bridgehead atoms. The van der Waals surface area contributed by atoms with E-state index in [0.29, 0.717) is 0 Å². The third kappa shape index (κ3) is 3.20. The topological polar surface area (TPSA) is 38.1 Å². The maximum Gasteiger partial charge on any atom is 0.0820 e. The molecule has 0 radical (unpaired) electrons. The van der Waals surface area contributed by atoms with Crippen molar-refractivity contribution in [3.63, 3.8) is 0 Å². The molecule has 3 nitrogen and oxygen atoms in total. The van der Waals surface area contributed by atoms with E-state index in [0.717, 1.165) is 24.1 Å². The van der Waals surface area contributed by atoms with Gasteiger partial charge < -0.3 is 5.11 Å². The van der Waals surface area contributed by atoms with E-state index in [1.807, 2.05) is 36.5 Å². The number of nitrogens with zero attached hydrogens (tertiary/aromatic N) is 2. The van der Waals surface area contributed by atoms with Gasteiger partial charge in [-0.2, -0.15) is 5.10 Å². The van der Waals surface area contributed by atoms with Crippen molar-refractivity contribution in [2.24, 2.45) is 0 Å². The van der Waals surface area contributed by atoms with Crippen LogP contribution in [0.25, 0.3) is 5.69 Å². The molecule has 1 atom stereocenters. The van der Waals surface area contributed by atoms with Crippen LogP contribution in [0, 0.1) is 0 Å². The van der Waals surface area contributed by atoms with Crippen LogP contribution in [-0.2, 0) is 0 Å². The Morgan fingerprint density at radius 2 is 2.00 bits per heavy atom. The molecule has 0 saturated heterocycles. The second kappa shape index (κ2) is 6.36. The van der Waals surface area contributed by atoms with Gasteiger partial charge in [0.1, 0.15) is 0 Å². The van der Waals surface area contributed by atoms with Crippen molar-refractivity contribution < 1.29 is 5.11 Å². The number of rotatable bonds is 6. The Kier molecular flexibility index (Phi) is 4.53. The molecular formula is C15H20N2O. The Balaban J connectivity index is 2.02. The van der Waals surface area contributed by atoms with Crippen molar-refractivity contribution >= 4 is 0 Å². The SMILES string of the molecule is CCCCCC(O)c1cnn(-c2ccccc2)c1. The molecule has 1 aromatic carbocycles. The normalized spacial score (nSPS) is 12.6. The number of para-hydroxylation sites is 1. The van der Waals surface area contributed by atoms with Gasteiger partial charge in [-0.25, -0.2) is 4.68 Å². The lowest BCUT2D eigenvalue weighted by Gasteiger charge is -2.07. The molecule has 1 N–H and O–H groups in total. The Bertz CT molecular complexity index is 464. The minimum Gasteiger partial charge on any atom is -0.388 e. The molecule has 0 aliphatic carbocycles. The summed E-state index contributed by atoms with van der Waals surface area (Å²) in [5, 5.41) is 14.3. The highest BCUT2D eigenvalue weighted by Crippen LogP contribution is 2.20. The van der Waals surface area contributed by atoms with Gasteiger partial charge in [0.2, 0.25) is 0 Å². The first-order valence-electron chi connectivity index (χ1n) is 6.59. The van der Waals surface area contributed by atoms with Gasteiger partial charge >= 0.3 is 0 Å². The first kappa shape index (κ1) is 12.8. The Morgan fingerprint density at radius 1 is 1.22 bits per heavy atom. The largest absolute Gasteiger partial charge is 0.388 e. The summed E-state index contributed by atoms with van der Waals surface area (Å²) in [5.74, 6) is 0. The zero-order valence-electron chi connectivity index (χ0n) is 10.8. The lowest BCUT2D eigenvalue weighted by molar-refractivity contribution is 0.163. The molecule has 18 heavy (non-hydrogen) atoms. The standard InChI is InChI=1S/C15H20N2O/c1-2-3-5-10-15(18)13-11-16-17(12-13)14-8-6-4-7-9-14/h4,6-9,11-12,15,18H,2-3,5,10H2,1H3. The summed E-state index contributed by atoms with van der Waals surface area (Å²) in [5.41, 5.74) is 1.92. The lowest BCUT2D eigenvalue weighted by Crippen LogP contribution is -1.96. The fraction of sp³-hybridized carbons (Fsp3) is 0.400. The third-order valence-corrected chi connectivity index (χ3v) is 3.09. The highest BCUT2D eigenvalue weighted by atomic mass is 16.3.